The molecule has 2 aliphatic rings. The van der Waals surface area contributed by atoms with E-state index in [0.29, 0.717) is 0 Å². The maximum absolute atomic E-state index is 12.4. The Bertz CT molecular complexity index is 365. The molecule has 1 fully saturated rings. The zero-order valence-corrected chi connectivity index (χ0v) is 10.3. The second kappa shape index (κ2) is 4.91. The van der Waals surface area contributed by atoms with Crippen LogP contribution in [0.15, 0.2) is 11.6 Å². The van der Waals surface area contributed by atoms with E-state index in [2.05, 4.69) is 5.32 Å². The van der Waals surface area contributed by atoms with Gasteiger partial charge in [0, 0.05) is 18.7 Å². The molecule has 0 radical (unpaired) electrons. The van der Waals surface area contributed by atoms with Gasteiger partial charge in [0.1, 0.15) is 0 Å². The van der Waals surface area contributed by atoms with Crippen molar-refractivity contribution in [2.24, 2.45) is 5.92 Å². The number of rotatable bonds is 1. The minimum Gasteiger partial charge on any atom is -0.337 e. The number of carbonyl (C=O) groups is 1. The molecule has 0 spiro atoms. The van der Waals surface area contributed by atoms with Crippen molar-refractivity contribution in [1.29, 1.82) is 0 Å². The molecule has 0 aromatic heterocycles. The predicted octanol–water partition coefficient (Wildman–Crippen LogP) is 1.71. The standard InChI is InChI=1S/C12H17F3N2O/c1-8-2-5-16-10(8)11(18)17-6-3-9(4-7-17)12(13,14)15/h3,8,10,16H,2,4-7H2,1H3. The molecule has 2 heterocycles. The van der Waals surface area contributed by atoms with E-state index in [4.69, 9.17) is 0 Å². The first-order valence-electron chi connectivity index (χ1n) is 6.18. The van der Waals surface area contributed by atoms with Gasteiger partial charge in [-0.15, -0.1) is 0 Å². The monoisotopic (exact) mass is 262 g/mol. The lowest BCUT2D eigenvalue weighted by molar-refractivity contribution is -0.134. The number of amides is 1. The van der Waals surface area contributed by atoms with Crippen LogP contribution in [0.25, 0.3) is 0 Å². The lowest BCUT2D eigenvalue weighted by Crippen LogP contribution is -2.47. The lowest BCUT2D eigenvalue weighted by Gasteiger charge is -2.30. The first-order valence-corrected chi connectivity index (χ1v) is 6.18. The largest absolute Gasteiger partial charge is 0.412 e. The van der Waals surface area contributed by atoms with Crippen LogP contribution in [-0.4, -0.2) is 42.7 Å². The normalized spacial score (nSPS) is 29.3. The first kappa shape index (κ1) is 13.4. The van der Waals surface area contributed by atoms with Crippen LogP contribution in [0.1, 0.15) is 19.8 Å². The van der Waals surface area contributed by atoms with Gasteiger partial charge in [0.05, 0.1) is 6.04 Å². The van der Waals surface area contributed by atoms with Crippen molar-refractivity contribution in [3.8, 4) is 0 Å². The zero-order valence-electron chi connectivity index (χ0n) is 10.3. The quantitative estimate of drug-likeness (QED) is 0.730. The molecule has 0 bridgehead atoms. The molecule has 2 atom stereocenters. The zero-order chi connectivity index (χ0) is 13.3. The third-order valence-corrected chi connectivity index (χ3v) is 3.68. The maximum atomic E-state index is 12.4. The molecular weight excluding hydrogens is 245 g/mol. The Hall–Kier alpha value is -1.04. The lowest BCUT2D eigenvalue weighted by atomic mass is 10.0. The molecule has 18 heavy (non-hydrogen) atoms. The van der Waals surface area contributed by atoms with Crippen molar-refractivity contribution >= 4 is 5.91 Å². The highest BCUT2D eigenvalue weighted by atomic mass is 19.4. The third kappa shape index (κ3) is 2.68. The summed E-state index contributed by atoms with van der Waals surface area (Å²) in [5.74, 6) is 0.183. The fraction of sp³-hybridized carbons (Fsp3) is 0.750. The maximum Gasteiger partial charge on any atom is 0.412 e. The molecule has 0 aromatic rings. The fourth-order valence-corrected chi connectivity index (χ4v) is 2.49. The Balaban J connectivity index is 1.97. The molecule has 2 rings (SSSR count). The van der Waals surface area contributed by atoms with Gasteiger partial charge >= 0.3 is 6.18 Å². The minimum absolute atomic E-state index is 0.0680. The summed E-state index contributed by atoms with van der Waals surface area (Å²) >= 11 is 0. The van der Waals surface area contributed by atoms with Crippen molar-refractivity contribution in [2.45, 2.75) is 32.0 Å². The molecule has 0 aromatic carbocycles. The highest BCUT2D eigenvalue weighted by Gasteiger charge is 2.37. The van der Waals surface area contributed by atoms with Crippen LogP contribution >= 0.6 is 0 Å². The summed E-state index contributed by atoms with van der Waals surface area (Å²) in [6.45, 7) is 3.02. The van der Waals surface area contributed by atoms with Crippen molar-refractivity contribution in [3.05, 3.63) is 11.6 Å². The molecule has 6 heteroatoms. The van der Waals surface area contributed by atoms with E-state index in [1.54, 1.807) is 0 Å². The summed E-state index contributed by atoms with van der Waals surface area (Å²) in [6, 6.07) is -0.231. The van der Waals surface area contributed by atoms with Crippen LogP contribution in [-0.2, 0) is 4.79 Å². The van der Waals surface area contributed by atoms with E-state index in [-0.39, 0.29) is 37.4 Å². The Morgan fingerprint density at radius 1 is 1.50 bits per heavy atom. The van der Waals surface area contributed by atoms with Gasteiger partial charge in [-0.2, -0.15) is 13.2 Å². The Labute approximate surface area is 104 Å². The van der Waals surface area contributed by atoms with Gasteiger partial charge in [-0.1, -0.05) is 13.0 Å². The average Bonchev–Trinajstić information content (AvgIpc) is 2.73. The van der Waals surface area contributed by atoms with Crippen LogP contribution in [0.3, 0.4) is 0 Å². The molecule has 1 saturated heterocycles. The minimum atomic E-state index is -4.26. The molecule has 0 saturated carbocycles. The summed E-state index contributed by atoms with van der Waals surface area (Å²) < 4.78 is 37.3. The third-order valence-electron chi connectivity index (χ3n) is 3.68. The molecule has 0 aliphatic carbocycles. The molecule has 2 unspecified atom stereocenters. The molecule has 1 amide bonds. The van der Waals surface area contributed by atoms with Crippen molar-refractivity contribution in [1.82, 2.24) is 10.2 Å². The number of alkyl halides is 3. The van der Waals surface area contributed by atoms with Crippen LogP contribution in [0.5, 0.6) is 0 Å². The smallest absolute Gasteiger partial charge is 0.337 e. The summed E-state index contributed by atoms with van der Waals surface area (Å²) in [4.78, 5) is 13.6. The van der Waals surface area contributed by atoms with Gasteiger partial charge in [0.25, 0.3) is 0 Å². The van der Waals surface area contributed by atoms with Gasteiger partial charge in [-0.05, 0) is 25.3 Å². The number of halogens is 3. The molecular formula is C12H17F3N2O. The molecule has 3 nitrogen and oxygen atoms in total. The van der Waals surface area contributed by atoms with Crippen LogP contribution in [0.2, 0.25) is 0 Å². The van der Waals surface area contributed by atoms with E-state index in [1.807, 2.05) is 6.92 Å². The Morgan fingerprint density at radius 2 is 2.22 bits per heavy atom. The summed E-state index contributed by atoms with van der Waals surface area (Å²) in [7, 11) is 0. The predicted molar refractivity (Wildman–Crippen MR) is 60.9 cm³/mol. The second-order valence-corrected chi connectivity index (χ2v) is 4.96. The van der Waals surface area contributed by atoms with Crippen molar-refractivity contribution in [3.63, 3.8) is 0 Å². The fourth-order valence-electron chi connectivity index (χ4n) is 2.49. The van der Waals surface area contributed by atoms with E-state index >= 15 is 0 Å². The summed E-state index contributed by atoms with van der Waals surface area (Å²) in [6.07, 6.45) is -2.29. The number of nitrogens with one attached hydrogen (secondary N) is 1. The van der Waals surface area contributed by atoms with Gasteiger partial charge in [-0.25, -0.2) is 0 Å². The van der Waals surface area contributed by atoms with Crippen molar-refractivity contribution < 1.29 is 18.0 Å². The first-order chi connectivity index (χ1) is 8.39. The van der Waals surface area contributed by atoms with E-state index in [9.17, 15) is 18.0 Å². The summed E-state index contributed by atoms with van der Waals surface area (Å²) in [5, 5.41) is 3.11. The van der Waals surface area contributed by atoms with E-state index in [1.165, 1.54) is 4.90 Å². The number of hydrogen-bond donors (Lipinski definition) is 1. The number of nitrogens with zero attached hydrogens (tertiary/aromatic N) is 1. The Kier molecular flexibility index (Phi) is 3.66. The highest BCUT2D eigenvalue weighted by molar-refractivity contribution is 5.82. The van der Waals surface area contributed by atoms with E-state index in [0.717, 1.165) is 19.0 Å². The van der Waals surface area contributed by atoms with Crippen LogP contribution in [0, 0.1) is 5.92 Å². The summed E-state index contributed by atoms with van der Waals surface area (Å²) in [5.41, 5.74) is -0.515. The van der Waals surface area contributed by atoms with Crippen LogP contribution in [0.4, 0.5) is 13.2 Å². The van der Waals surface area contributed by atoms with Gasteiger partial charge in [0.15, 0.2) is 0 Å². The van der Waals surface area contributed by atoms with Gasteiger partial charge in [-0.3, -0.25) is 4.79 Å². The number of carbonyl (C=O) groups excluding carboxylic acids is 1. The topological polar surface area (TPSA) is 32.3 Å². The van der Waals surface area contributed by atoms with Gasteiger partial charge in [0.2, 0.25) is 5.91 Å². The Morgan fingerprint density at radius 3 is 2.67 bits per heavy atom. The van der Waals surface area contributed by atoms with Gasteiger partial charge < -0.3 is 10.2 Å². The second-order valence-electron chi connectivity index (χ2n) is 4.96. The molecule has 2 aliphatic heterocycles. The highest BCUT2D eigenvalue weighted by Crippen LogP contribution is 2.30. The number of hydrogen-bond acceptors (Lipinski definition) is 2. The van der Waals surface area contributed by atoms with E-state index < -0.39 is 11.7 Å². The molecule has 102 valence electrons. The molecule has 1 N–H and O–H groups in total. The van der Waals surface area contributed by atoms with Crippen molar-refractivity contribution in [2.75, 3.05) is 19.6 Å². The van der Waals surface area contributed by atoms with Crippen LogP contribution < -0.4 is 5.32 Å². The average molecular weight is 262 g/mol. The SMILES string of the molecule is CC1CCNC1C(=O)N1CC=C(C(F)(F)F)CC1.